The van der Waals surface area contributed by atoms with Crippen molar-refractivity contribution in [3.05, 3.63) is 70.8 Å². The molecule has 2 heterocycles. The van der Waals surface area contributed by atoms with Gasteiger partial charge in [-0.25, -0.2) is 4.98 Å². The molecule has 5 nitrogen and oxygen atoms in total. The van der Waals surface area contributed by atoms with E-state index in [1.807, 2.05) is 59.4 Å². The van der Waals surface area contributed by atoms with Crippen LogP contribution in [0.3, 0.4) is 0 Å². The second kappa shape index (κ2) is 7.42. The average molecular weight is 398 g/mol. The minimum atomic E-state index is -0.254. The van der Waals surface area contributed by atoms with Crippen LogP contribution in [-0.2, 0) is 4.79 Å². The molecule has 27 heavy (non-hydrogen) atoms. The van der Waals surface area contributed by atoms with Crippen LogP contribution in [0, 0.1) is 6.92 Å². The molecule has 0 bridgehead atoms. The molecule has 1 N–H and O–H groups in total. The number of halogens is 1. The van der Waals surface area contributed by atoms with Gasteiger partial charge in [0.2, 0.25) is 0 Å². The molecule has 0 radical (unpaired) electrons. The predicted molar refractivity (Wildman–Crippen MR) is 109 cm³/mol. The zero-order chi connectivity index (χ0) is 18.8. The molecular formula is C20H16ClN3O2S. The Morgan fingerprint density at radius 3 is 3.04 bits per heavy atom. The highest BCUT2D eigenvalue weighted by atomic mass is 35.5. The fourth-order valence-electron chi connectivity index (χ4n) is 2.68. The van der Waals surface area contributed by atoms with Gasteiger partial charge in [-0.15, -0.1) is 11.3 Å². The van der Waals surface area contributed by atoms with Crippen LogP contribution in [0.4, 0.5) is 5.69 Å². The van der Waals surface area contributed by atoms with Crippen molar-refractivity contribution in [3.63, 3.8) is 0 Å². The average Bonchev–Trinajstić information content (AvgIpc) is 3.25. The molecule has 0 aliphatic rings. The quantitative estimate of drug-likeness (QED) is 0.513. The van der Waals surface area contributed by atoms with Crippen molar-refractivity contribution in [2.24, 2.45) is 0 Å². The van der Waals surface area contributed by atoms with Crippen molar-refractivity contribution in [3.8, 4) is 17.0 Å². The topological polar surface area (TPSA) is 55.6 Å². The van der Waals surface area contributed by atoms with Crippen LogP contribution in [0.5, 0.6) is 5.75 Å². The van der Waals surface area contributed by atoms with E-state index in [1.54, 1.807) is 23.5 Å². The number of imidazole rings is 1. The van der Waals surface area contributed by atoms with Gasteiger partial charge in [0.05, 0.1) is 10.7 Å². The summed E-state index contributed by atoms with van der Waals surface area (Å²) in [6.45, 7) is 1.82. The zero-order valence-electron chi connectivity index (χ0n) is 14.5. The number of aryl methyl sites for hydroxylation is 1. The Labute approximate surface area is 165 Å². The van der Waals surface area contributed by atoms with Gasteiger partial charge >= 0.3 is 0 Å². The Kier molecular flexibility index (Phi) is 4.83. The number of fused-ring (bicyclic) bond motifs is 1. The number of rotatable bonds is 5. The normalized spacial score (nSPS) is 10.9. The van der Waals surface area contributed by atoms with Crippen molar-refractivity contribution in [1.82, 2.24) is 9.38 Å². The standard InChI is InChI=1S/C20H16ClN3O2S/c1-13-5-6-16(21)18(9-13)26-12-19(25)22-15-4-2-3-14(10-15)17-11-24-7-8-27-20(24)23-17/h2-11H,12H2,1H3,(H,22,25). The third kappa shape index (κ3) is 3.97. The highest BCUT2D eigenvalue weighted by molar-refractivity contribution is 7.15. The summed E-state index contributed by atoms with van der Waals surface area (Å²) in [4.78, 5) is 17.8. The largest absolute Gasteiger partial charge is 0.482 e. The predicted octanol–water partition coefficient (Wildman–Crippen LogP) is 5.04. The smallest absolute Gasteiger partial charge is 0.262 e. The fourth-order valence-corrected chi connectivity index (χ4v) is 3.56. The monoisotopic (exact) mass is 397 g/mol. The number of ether oxygens (including phenoxy) is 1. The summed E-state index contributed by atoms with van der Waals surface area (Å²) in [5.74, 6) is 0.245. The molecule has 0 aliphatic heterocycles. The van der Waals surface area contributed by atoms with Gasteiger partial charge in [0.25, 0.3) is 5.91 Å². The number of hydrogen-bond acceptors (Lipinski definition) is 4. The molecule has 2 aromatic heterocycles. The summed E-state index contributed by atoms with van der Waals surface area (Å²) in [5.41, 5.74) is 3.50. The first kappa shape index (κ1) is 17.6. The first-order valence-electron chi connectivity index (χ1n) is 8.30. The van der Waals surface area contributed by atoms with Crippen molar-refractivity contribution in [1.29, 1.82) is 0 Å². The number of anilines is 1. The number of carbonyl (C=O) groups is 1. The molecule has 0 fully saturated rings. The first-order chi connectivity index (χ1) is 13.1. The molecule has 0 spiro atoms. The Bertz CT molecular complexity index is 1090. The van der Waals surface area contributed by atoms with E-state index in [2.05, 4.69) is 10.3 Å². The highest BCUT2D eigenvalue weighted by Crippen LogP contribution is 2.26. The van der Waals surface area contributed by atoms with E-state index in [0.29, 0.717) is 16.5 Å². The number of nitrogens with one attached hydrogen (secondary N) is 1. The summed E-state index contributed by atoms with van der Waals surface area (Å²) >= 11 is 7.67. The van der Waals surface area contributed by atoms with Crippen molar-refractivity contribution in [2.75, 3.05) is 11.9 Å². The van der Waals surface area contributed by atoms with Gasteiger partial charge in [0.15, 0.2) is 11.6 Å². The number of nitrogens with zero attached hydrogens (tertiary/aromatic N) is 2. The third-order valence-corrected chi connectivity index (χ3v) is 5.06. The Morgan fingerprint density at radius 2 is 2.19 bits per heavy atom. The maximum atomic E-state index is 12.2. The first-order valence-corrected chi connectivity index (χ1v) is 9.56. The lowest BCUT2D eigenvalue weighted by atomic mass is 10.1. The number of carbonyl (C=O) groups excluding carboxylic acids is 1. The van der Waals surface area contributed by atoms with E-state index in [-0.39, 0.29) is 12.5 Å². The van der Waals surface area contributed by atoms with E-state index < -0.39 is 0 Å². The molecule has 4 aromatic rings. The van der Waals surface area contributed by atoms with E-state index in [0.717, 1.165) is 21.8 Å². The van der Waals surface area contributed by atoms with Crippen LogP contribution >= 0.6 is 22.9 Å². The molecule has 1 amide bonds. The Morgan fingerprint density at radius 1 is 1.30 bits per heavy atom. The molecule has 0 aliphatic carbocycles. The van der Waals surface area contributed by atoms with Crippen molar-refractivity contribution < 1.29 is 9.53 Å². The molecule has 0 atom stereocenters. The second-order valence-corrected chi connectivity index (χ2v) is 7.35. The number of aromatic nitrogens is 2. The molecule has 136 valence electrons. The highest BCUT2D eigenvalue weighted by Gasteiger charge is 2.09. The number of amides is 1. The summed E-state index contributed by atoms with van der Waals surface area (Å²) in [5, 5.41) is 5.32. The maximum Gasteiger partial charge on any atom is 0.262 e. The Hall–Kier alpha value is -2.83. The third-order valence-electron chi connectivity index (χ3n) is 3.98. The van der Waals surface area contributed by atoms with Crippen LogP contribution in [0.2, 0.25) is 5.02 Å². The number of benzene rings is 2. The number of hydrogen-bond donors (Lipinski definition) is 1. The lowest BCUT2D eigenvalue weighted by Crippen LogP contribution is -2.20. The van der Waals surface area contributed by atoms with E-state index in [9.17, 15) is 4.79 Å². The summed E-state index contributed by atoms with van der Waals surface area (Å²) in [7, 11) is 0. The van der Waals surface area contributed by atoms with Gasteiger partial charge in [0, 0.05) is 29.0 Å². The summed E-state index contributed by atoms with van der Waals surface area (Å²) in [6.07, 6.45) is 3.94. The summed E-state index contributed by atoms with van der Waals surface area (Å²) < 4.78 is 7.51. The van der Waals surface area contributed by atoms with Crippen LogP contribution in [0.25, 0.3) is 16.2 Å². The van der Waals surface area contributed by atoms with Gasteiger partial charge < -0.3 is 10.1 Å². The van der Waals surface area contributed by atoms with Crippen LogP contribution in [-0.4, -0.2) is 21.9 Å². The molecule has 2 aromatic carbocycles. The molecule has 0 unspecified atom stereocenters. The van der Waals surface area contributed by atoms with E-state index in [4.69, 9.17) is 16.3 Å². The molecule has 4 rings (SSSR count). The van der Waals surface area contributed by atoms with E-state index >= 15 is 0 Å². The maximum absolute atomic E-state index is 12.2. The number of thiazole rings is 1. The second-order valence-electron chi connectivity index (χ2n) is 6.07. The van der Waals surface area contributed by atoms with Crippen LogP contribution in [0.15, 0.2) is 60.2 Å². The minimum Gasteiger partial charge on any atom is -0.482 e. The molecule has 0 saturated carbocycles. The summed E-state index contributed by atoms with van der Waals surface area (Å²) in [6, 6.07) is 13.0. The Balaban J connectivity index is 1.44. The molecule has 0 saturated heterocycles. The van der Waals surface area contributed by atoms with Gasteiger partial charge in [-0.05, 0) is 36.8 Å². The van der Waals surface area contributed by atoms with Gasteiger partial charge in [-0.1, -0.05) is 29.8 Å². The van der Waals surface area contributed by atoms with E-state index in [1.165, 1.54) is 0 Å². The fraction of sp³-hybridized carbons (Fsp3) is 0.100. The van der Waals surface area contributed by atoms with Gasteiger partial charge in [-0.2, -0.15) is 0 Å². The zero-order valence-corrected chi connectivity index (χ0v) is 16.1. The lowest BCUT2D eigenvalue weighted by molar-refractivity contribution is -0.118. The van der Waals surface area contributed by atoms with Crippen molar-refractivity contribution in [2.45, 2.75) is 6.92 Å². The molecule has 7 heteroatoms. The molecular weight excluding hydrogens is 382 g/mol. The van der Waals surface area contributed by atoms with Crippen LogP contribution < -0.4 is 10.1 Å². The van der Waals surface area contributed by atoms with Gasteiger partial charge in [-0.3, -0.25) is 9.20 Å². The minimum absolute atomic E-state index is 0.117. The SMILES string of the molecule is Cc1ccc(Cl)c(OCC(=O)Nc2cccc(-c3cn4ccsc4n3)c2)c1. The van der Waals surface area contributed by atoms with Gasteiger partial charge in [0.1, 0.15) is 5.75 Å². The van der Waals surface area contributed by atoms with Crippen molar-refractivity contribution >= 4 is 39.5 Å². The lowest BCUT2D eigenvalue weighted by Gasteiger charge is -2.10. The van der Waals surface area contributed by atoms with Crippen LogP contribution in [0.1, 0.15) is 5.56 Å².